The molecule has 2 aromatic carbocycles. The highest BCUT2D eigenvalue weighted by molar-refractivity contribution is 5.85. The fourth-order valence-electron chi connectivity index (χ4n) is 2.45. The van der Waals surface area contributed by atoms with Gasteiger partial charge in [-0.2, -0.15) is 0 Å². The normalized spacial score (nSPS) is 15.7. The Balaban J connectivity index is 0.000000397. The molecule has 4 nitrogen and oxygen atoms in total. The molecule has 0 unspecified atom stereocenters. The fourth-order valence-corrected chi connectivity index (χ4v) is 2.45. The zero-order valence-electron chi connectivity index (χ0n) is 11.7. The number of nitrogens with one attached hydrogen (secondary N) is 1. The summed E-state index contributed by atoms with van der Waals surface area (Å²) < 4.78 is 0. The van der Waals surface area contributed by atoms with E-state index in [-0.39, 0.29) is 12.4 Å². The Morgan fingerprint density at radius 3 is 2.24 bits per heavy atom. The van der Waals surface area contributed by atoms with Gasteiger partial charge in [0.1, 0.15) is 0 Å². The molecule has 1 aliphatic heterocycles. The molecule has 1 atom stereocenters. The number of rotatable bonds is 1. The van der Waals surface area contributed by atoms with Crippen molar-refractivity contribution < 1.29 is 4.79 Å². The number of amides is 2. The van der Waals surface area contributed by atoms with Crippen molar-refractivity contribution in [2.45, 2.75) is 12.5 Å². The van der Waals surface area contributed by atoms with Gasteiger partial charge in [-0.3, -0.25) is 0 Å². The van der Waals surface area contributed by atoms with Gasteiger partial charge in [0.25, 0.3) is 0 Å². The van der Waals surface area contributed by atoms with Gasteiger partial charge in [-0.15, -0.1) is 12.4 Å². The summed E-state index contributed by atoms with van der Waals surface area (Å²) in [5, 5.41) is 3.59. The van der Waals surface area contributed by atoms with Gasteiger partial charge in [0.2, 0.25) is 0 Å². The van der Waals surface area contributed by atoms with Crippen LogP contribution in [-0.2, 0) is 6.42 Å². The van der Waals surface area contributed by atoms with Gasteiger partial charge in [-0.25, -0.2) is 4.79 Å². The molecule has 1 heterocycles. The predicted octanol–water partition coefficient (Wildman–Crippen LogP) is 2.37. The standard InChI is InChI=1S/C15H15N.CH4N2O.ClH/c1-2-7-13(8-3-1)15-14-9-5-4-6-12(14)10-11-16-15;2-1(3)4;/h1-9,15-16H,10-11H2;(H4,2,3,4);1H/t15-;;/m0../s1. The number of hydrogen-bond donors (Lipinski definition) is 3. The third-order valence-electron chi connectivity index (χ3n) is 3.24. The van der Waals surface area contributed by atoms with E-state index in [9.17, 15) is 0 Å². The molecule has 0 bridgehead atoms. The fraction of sp³-hybridized carbons (Fsp3) is 0.188. The van der Waals surface area contributed by atoms with E-state index in [1.807, 2.05) is 0 Å². The van der Waals surface area contributed by atoms with Gasteiger partial charge in [-0.1, -0.05) is 54.6 Å². The summed E-state index contributed by atoms with van der Waals surface area (Å²) in [7, 11) is 0. The minimum Gasteiger partial charge on any atom is -0.352 e. The molecule has 0 fully saturated rings. The summed E-state index contributed by atoms with van der Waals surface area (Å²) in [5.41, 5.74) is 12.8. The Bertz CT molecular complexity index is 571. The number of nitrogens with two attached hydrogens (primary N) is 2. The Kier molecular flexibility index (Phi) is 6.72. The second kappa shape index (κ2) is 8.29. The van der Waals surface area contributed by atoms with Crippen molar-refractivity contribution in [1.82, 2.24) is 5.32 Å². The van der Waals surface area contributed by atoms with Crippen LogP contribution in [0.3, 0.4) is 0 Å². The maximum Gasteiger partial charge on any atom is 0.309 e. The number of halogens is 1. The van der Waals surface area contributed by atoms with Crippen LogP contribution in [-0.4, -0.2) is 12.6 Å². The quantitative estimate of drug-likeness (QED) is 0.756. The summed E-state index contributed by atoms with van der Waals surface area (Å²) >= 11 is 0. The first kappa shape index (κ1) is 17.0. The summed E-state index contributed by atoms with van der Waals surface area (Å²) in [6, 6.07) is 18.9. The first-order chi connectivity index (χ1) is 9.68. The minimum atomic E-state index is -0.833. The third kappa shape index (κ3) is 4.77. The van der Waals surface area contributed by atoms with E-state index in [0.29, 0.717) is 6.04 Å². The van der Waals surface area contributed by atoms with Crippen molar-refractivity contribution in [3.05, 3.63) is 71.3 Å². The van der Waals surface area contributed by atoms with Gasteiger partial charge in [0.15, 0.2) is 0 Å². The molecule has 0 radical (unpaired) electrons. The lowest BCUT2D eigenvalue weighted by molar-refractivity contribution is 0.256. The van der Waals surface area contributed by atoms with Crippen LogP contribution in [0.2, 0.25) is 0 Å². The van der Waals surface area contributed by atoms with Crippen LogP contribution in [0.4, 0.5) is 4.79 Å². The number of hydrogen-bond acceptors (Lipinski definition) is 2. The van der Waals surface area contributed by atoms with Crippen molar-refractivity contribution in [1.29, 1.82) is 0 Å². The predicted molar refractivity (Wildman–Crippen MR) is 87.5 cm³/mol. The van der Waals surface area contributed by atoms with Gasteiger partial charge in [0.05, 0.1) is 6.04 Å². The van der Waals surface area contributed by atoms with Gasteiger partial charge >= 0.3 is 6.03 Å². The molecule has 0 aliphatic carbocycles. The van der Waals surface area contributed by atoms with Crippen molar-refractivity contribution in [3.63, 3.8) is 0 Å². The number of carbonyl (C=O) groups is 1. The van der Waals surface area contributed by atoms with Crippen LogP contribution >= 0.6 is 12.4 Å². The SMILES string of the molecule is Cl.NC(N)=O.c1ccc([C@@H]2NCCc3ccccc32)cc1. The first-order valence-electron chi connectivity index (χ1n) is 6.59. The van der Waals surface area contributed by atoms with E-state index >= 15 is 0 Å². The van der Waals surface area contributed by atoms with E-state index in [4.69, 9.17) is 4.79 Å². The largest absolute Gasteiger partial charge is 0.352 e. The van der Waals surface area contributed by atoms with Crippen LogP contribution in [0.1, 0.15) is 22.7 Å². The molecule has 2 aromatic rings. The third-order valence-corrected chi connectivity index (χ3v) is 3.24. The number of fused-ring (bicyclic) bond motifs is 1. The Morgan fingerprint density at radius 1 is 1.00 bits per heavy atom. The van der Waals surface area contributed by atoms with Crippen molar-refractivity contribution in [2.24, 2.45) is 11.5 Å². The highest BCUT2D eigenvalue weighted by Crippen LogP contribution is 2.27. The number of urea groups is 1. The monoisotopic (exact) mass is 305 g/mol. The molecule has 0 aromatic heterocycles. The second-order valence-corrected chi connectivity index (χ2v) is 4.65. The lowest BCUT2D eigenvalue weighted by atomic mass is 9.90. The Labute approximate surface area is 130 Å². The topological polar surface area (TPSA) is 81.1 Å². The molecular formula is C16H20ClN3O. The van der Waals surface area contributed by atoms with E-state index in [1.54, 1.807) is 0 Å². The first-order valence-corrected chi connectivity index (χ1v) is 6.59. The summed E-state index contributed by atoms with van der Waals surface area (Å²) in [6.45, 7) is 1.07. The summed E-state index contributed by atoms with van der Waals surface area (Å²) in [6.07, 6.45) is 1.14. The van der Waals surface area contributed by atoms with E-state index < -0.39 is 6.03 Å². The van der Waals surface area contributed by atoms with Gasteiger partial charge in [-0.05, 0) is 23.1 Å². The maximum atomic E-state index is 9.00. The smallest absolute Gasteiger partial charge is 0.309 e. The maximum absolute atomic E-state index is 9.00. The summed E-state index contributed by atoms with van der Waals surface area (Å²) in [4.78, 5) is 9.00. The lowest BCUT2D eigenvalue weighted by Gasteiger charge is -2.27. The van der Waals surface area contributed by atoms with Crippen molar-refractivity contribution >= 4 is 18.4 Å². The van der Waals surface area contributed by atoms with Crippen LogP contribution < -0.4 is 16.8 Å². The number of benzene rings is 2. The minimum absolute atomic E-state index is 0. The van der Waals surface area contributed by atoms with E-state index in [1.165, 1.54) is 16.7 Å². The van der Waals surface area contributed by atoms with Crippen LogP contribution in [0.5, 0.6) is 0 Å². The molecule has 5 heteroatoms. The highest BCUT2D eigenvalue weighted by atomic mass is 35.5. The molecule has 2 amide bonds. The van der Waals surface area contributed by atoms with Gasteiger partial charge < -0.3 is 16.8 Å². The average Bonchev–Trinajstić information content (AvgIpc) is 2.47. The van der Waals surface area contributed by atoms with Crippen LogP contribution in [0.15, 0.2) is 54.6 Å². The van der Waals surface area contributed by atoms with E-state index in [2.05, 4.69) is 71.4 Å². The number of primary amides is 2. The van der Waals surface area contributed by atoms with Crippen molar-refractivity contribution in [2.75, 3.05) is 6.54 Å². The highest BCUT2D eigenvalue weighted by Gasteiger charge is 2.19. The summed E-state index contributed by atoms with van der Waals surface area (Å²) in [5.74, 6) is 0. The van der Waals surface area contributed by atoms with Crippen molar-refractivity contribution in [3.8, 4) is 0 Å². The molecule has 0 spiro atoms. The Morgan fingerprint density at radius 2 is 1.57 bits per heavy atom. The van der Waals surface area contributed by atoms with Crippen LogP contribution in [0.25, 0.3) is 0 Å². The van der Waals surface area contributed by atoms with Crippen LogP contribution in [0, 0.1) is 0 Å². The van der Waals surface area contributed by atoms with Gasteiger partial charge in [0, 0.05) is 6.54 Å². The Hall–Kier alpha value is -2.04. The molecule has 3 rings (SSSR count). The number of carbonyl (C=O) groups excluding carboxylic acids is 1. The second-order valence-electron chi connectivity index (χ2n) is 4.65. The molecular weight excluding hydrogens is 286 g/mol. The molecule has 112 valence electrons. The van der Waals surface area contributed by atoms with E-state index in [0.717, 1.165) is 13.0 Å². The average molecular weight is 306 g/mol. The molecule has 0 saturated heterocycles. The molecule has 5 N–H and O–H groups in total. The molecule has 21 heavy (non-hydrogen) atoms. The zero-order chi connectivity index (χ0) is 14.4. The molecule has 0 saturated carbocycles. The molecule has 1 aliphatic rings. The lowest BCUT2D eigenvalue weighted by Crippen LogP contribution is -2.30. The zero-order valence-corrected chi connectivity index (χ0v) is 12.5.